The van der Waals surface area contributed by atoms with Crippen LogP contribution in [0.4, 0.5) is 0 Å². The average Bonchev–Trinajstić information content (AvgIpc) is 3.17. The van der Waals surface area contributed by atoms with Crippen molar-refractivity contribution in [1.82, 2.24) is 4.90 Å². The zero-order chi connectivity index (χ0) is 26.2. The van der Waals surface area contributed by atoms with E-state index >= 15 is 0 Å². The summed E-state index contributed by atoms with van der Waals surface area (Å²) in [5.74, 6) is -0.254. The number of carbonyl (C=O) groups excluding carboxylic acids is 2. The quantitative estimate of drug-likeness (QED) is 0.146. The number of aliphatic hydroxyl groups excluding tert-OH is 1. The standard InChI is InChI=1S/C31H33NO5/c1-3-5-19-37-25-16-14-23(15-17-25)28-27(29(33)24-12-9-13-26(20-24)36-18-4-2)30(34)31(35)32(28)21-22-10-7-6-8-11-22/h6-17,20,28,33H,3-5,18-19,21H2,1-2H3. The zero-order valence-corrected chi connectivity index (χ0v) is 21.4. The monoisotopic (exact) mass is 499 g/mol. The van der Waals surface area contributed by atoms with Crippen LogP contribution in [0.1, 0.15) is 55.8 Å². The molecule has 37 heavy (non-hydrogen) atoms. The number of ketones is 1. The molecule has 4 rings (SSSR count). The predicted molar refractivity (Wildman–Crippen MR) is 143 cm³/mol. The van der Waals surface area contributed by atoms with Crippen molar-refractivity contribution in [2.75, 3.05) is 13.2 Å². The maximum atomic E-state index is 13.3. The minimum absolute atomic E-state index is 0.0632. The highest BCUT2D eigenvalue weighted by molar-refractivity contribution is 6.46. The lowest BCUT2D eigenvalue weighted by Gasteiger charge is -2.25. The molecule has 1 amide bonds. The second kappa shape index (κ2) is 12.3. The molecule has 192 valence electrons. The third kappa shape index (κ3) is 6.02. The predicted octanol–water partition coefficient (Wildman–Crippen LogP) is 6.28. The van der Waals surface area contributed by atoms with E-state index in [2.05, 4.69) is 6.92 Å². The van der Waals surface area contributed by atoms with Crippen molar-refractivity contribution in [2.24, 2.45) is 0 Å². The summed E-state index contributed by atoms with van der Waals surface area (Å²) in [4.78, 5) is 28.1. The second-order valence-electron chi connectivity index (χ2n) is 9.06. The molecule has 0 aromatic heterocycles. The molecule has 0 aliphatic carbocycles. The molecular formula is C31H33NO5. The van der Waals surface area contributed by atoms with Gasteiger partial charge in [0, 0.05) is 12.1 Å². The minimum Gasteiger partial charge on any atom is -0.507 e. The van der Waals surface area contributed by atoms with Gasteiger partial charge in [0.05, 0.1) is 24.8 Å². The Hall–Kier alpha value is -4.06. The van der Waals surface area contributed by atoms with Gasteiger partial charge >= 0.3 is 0 Å². The minimum atomic E-state index is -0.745. The van der Waals surface area contributed by atoms with Gasteiger partial charge in [-0.2, -0.15) is 0 Å². The van der Waals surface area contributed by atoms with Gasteiger partial charge in [0.1, 0.15) is 17.3 Å². The number of hydrogen-bond acceptors (Lipinski definition) is 5. The number of amides is 1. The van der Waals surface area contributed by atoms with Crippen LogP contribution in [0.15, 0.2) is 84.4 Å². The molecule has 1 N–H and O–H groups in total. The van der Waals surface area contributed by atoms with Gasteiger partial charge in [-0.1, -0.05) is 74.9 Å². The molecule has 1 atom stereocenters. The van der Waals surface area contributed by atoms with Gasteiger partial charge in [-0.3, -0.25) is 9.59 Å². The van der Waals surface area contributed by atoms with Crippen LogP contribution >= 0.6 is 0 Å². The summed E-state index contributed by atoms with van der Waals surface area (Å²) in [5.41, 5.74) is 2.10. The fourth-order valence-corrected chi connectivity index (χ4v) is 4.36. The van der Waals surface area contributed by atoms with Gasteiger partial charge in [-0.25, -0.2) is 0 Å². The topological polar surface area (TPSA) is 76.1 Å². The third-order valence-corrected chi connectivity index (χ3v) is 6.28. The normalized spacial score (nSPS) is 16.7. The Kier molecular flexibility index (Phi) is 8.62. The van der Waals surface area contributed by atoms with Crippen LogP contribution < -0.4 is 9.47 Å². The van der Waals surface area contributed by atoms with Crippen molar-refractivity contribution >= 4 is 17.4 Å². The van der Waals surface area contributed by atoms with Crippen LogP contribution in [0.5, 0.6) is 11.5 Å². The summed E-state index contributed by atoms with van der Waals surface area (Å²) in [6.07, 6.45) is 2.84. The molecule has 1 aliphatic rings. The molecule has 0 bridgehead atoms. The second-order valence-corrected chi connectivity index (χ2v) is 9.06. The first-order chi connectivity index (χ1) is 18.0. The highest BCUT2D eigenvalue weighted by Gasteiger charge is 2.46. The van der Waals surface area contributed by atoms with E-state index in [9.17, 15) is 14.7 Å². The molecule has 3 aromatic rings. The van der Waals surface area contributed by atoms with Crippen LogP contribution in [-0.2, 0) is 16.1 Å². The van der Waals surface area contributed by atoms with Crippen molar-refractivity contribution in [2.45, 2.75) is 45.7 Å². The van der Waals surface area contributed by atoms with Crippen LogP contribution in [0.3, 0.4) is 0 Å². The van der Waals surface area contributed by atoms with E-state index in [1.807, 2.05) is 61.5 Å². The van der Waals surface area contributed by atoms with E-state index in [-0.39, 0.29) is 17.9 Å². The maximum Gasteiger partial charge on any atom is 0.295 e. The SMILES string of the molecule is CCCCOc1ccc(C2C(=C(O)c3cccc(OCCC)c3)C(=O)C(=O)N2Cc2ccccc2)cc1. The number of aliphatic hydroxyl groups is 1. The molecule has 6 heteroatoms. The molecule has 1 aliphatic heterocycles. The van der Waals surface area contributed by atoms with Crippen molar-refractivity contribution < 1.29 is 24.2 Å². The van der Waals surface area contributed by atoms with Crippen LogP contribution in [0.2, 0.25) is 0 Å². The van der Waals surface area contributed by atoms with Crippen LogP contribution in [-0.4, -0.2) is 34.9 Å². The fraction of sp³-hybridized carbons (Fsp3) is 0.290. The zero-order valence-electron chi connectivity index (χ0n) is 21.4. The number of unbranched alkanes of at least 4 members (excludes halogenated alkanes) is 1. The van der Waals surface area contributed by atoms with Gasteiger partial charge in [0.15, 0.2) is 0 Å². The number of ether oxygens (including phenoxy) is 2. The number of carbonyl (C=O) groups is 2. The molecular weight excluding hydrogens is 466 g/mol. The molecule has 0 spiro atoms. The molecule has 1 saturated heterocycles. The largest absolute Gasteiger partial charge is 0.507 e. The van der Waals surface area contributed by atoms with E-state index in [4.69, 9.17) is 9.47 Å². The maximum absolute atomic E-state index is 13.3. The molecule has 1 unspecified atom stereocenters. The van der Waals surface area contributed by atoms with Crippen molar-refractivity contribution in [3.63, 3.8) is 0 Å². The van der Waals surface area contributed by atoms with Crippen LogP contribution in [0, 0.1) is 0 Å². The highest BCUT2D eigenvalue weighted by atomic mass is 16.5. The van der Waals surface area contributed by atoms with E-state index in [1.165, 1.54) is 4.90 Å². The number of rotatable bonds is 11. The first-order valence-corrected chi connectivity index (χ1v) is 12.8. The highest BCUT2D eigenvalue weighted by Crippen LogP contribution is 2.41. The van der Waals surface area contributed by atoms with Crippen molar-refractivity contribution in [3.8, 4) is 11.5 Å². The van der Waals surface area contributed by atoms with Crippen molar-refractivity contribution in [1.29, 1.82) is 0 Å². The molecule has 6 nitrogen and oxygen atoms in total. The Morgan fingerprint density at radius 2 is 1.57 bits per heavy atom. The third-order valence-electron chi connectivity index (χ3n) is 6.28. The molecule has 0 saturated carbocycles. The summed E-state index contributed by atoms with van der Waals surface area (Å²) >= 11 is 0. The number of hydrogen-bond donors (Lipinski definition) is 1. The van der Waals surface area contributed by atoms with Gasteiger partial charge in [0.25, 0.3) is 11.7 Å². The summed E-state index contributed by atoms with van der Waals surface area (Å²) in [5, 5.41) is 11.4. The molecule has 1 fully saturated rings. The number of benzene rings is 3. The van der Waals surface area contributed by atoms with Gasteiger partial charge in [-0.15, -0.1) is 0 Å². The Bertz CT molecular complexity index is 1250. The average molecular weight is 500 g/mol. The summed E-state index contributed by atoms with van der Waals surface area (Å²) in [6, 6.07) is 23.1. The first-order valence-electron chi connectivity index (χ1n) is 12.8. The van der Waals surface area contributed by atoms with Crippen LogP contribution in [0.25, 0.3) is 5.76 Å². The number of likely N-dealkylation sites (tertiary alicyclic amines) is 1. The molecule has 3 aromatic carbocycles. The van der Waals surface area contributed by atoms with Gasteiger partial charge < -0.3 is 19.5 Å². The Labute approximate surface area is 218 Å². The smallest absolute Gasteiger partial charge is 0.295 e. The van der Waals surface area contributed by atoms with E-state index in [1.54, 1.807) is 24.3 Å². The lowest BCUT2D eigenvalue weighted by Crippen LogP contribution is -2.29. The Balaban J connectivity index is 1.75. The van der Waals surface area contributed by atoms with Gasteiger partial charge in [-0.05, 0) is 48.2 Å². The van der Waals surface area contributed by atoms with Gasteiger partial charge in [0.2, 0.25) is 0 Å². The van der Waals surface area contributed by atoms with E-state index in [0.717, 1.165) is 36.1 Å². The lowest BCUT2D eigenvalue weighted by atomic mass is 9.95. The summed E-state index contributed by atoms with van der Waals surface area (Å²) < 4.78 is 11.5. The van der Waals surface area contributed by atoms with Crippen molar-refractivity contribution in [3.05, 3.63) is 101 Å². The number of nitrogens with zero attached hydrogens (tertiary/aromatic N) is 1. The molecule has 0 radical (unpaired) electrons. The fourth-order valence-electron chi connectivity index (χ4n) is 4.36. The van der Waals surface area contributed by atoms with E-state index < -0.39 is 17.7 Å². The Morgan fingerprint density at radius 3 is 2.27 bits per heavy atom. The lowest BCUT2D eigenvalue weighted by molar-refractivity contribution is -0.140. The Morgan fingerprint density at radius 1 is 0.838 bits per heavy atom. The summed E-state index contributed by atoms with van der Waals surface area (Å²) in [7, 11) is 0. The summed E-state index contributed by atoms with van der Waals surface area (Å²) in [6.45, 7) is 5.52. The number of Topliss-reactive ketones (excluding diaryl/α,β-unsaturated/α-hetero) is 1. The van der Waals surface area contributed by atoms with E-state index in [0.29, 0.717) is 24.5 Å². The molecule has 1 heterocycles. The first kappa shape index (κ1) is 26.0.